The van der Waals surface area contributed by atoms with Gasteiger partial charge in [-0.15, -0.1) is 0 Å². The van der Waals surface area contributed by atoms with Gasteiger partial charge in [0.25, 0.3) is 0 Å². The van der Waals surface area contributed by atoms with E-state index in [1.165, 1.54) is 18.4 Å². The molecule has 0 amide bonds. The van der Waals surface area contributed by atoms with Gasteiger partial charge in [-0.1, -0.05) is 60.8 Å². The maximum absolute atomic E-state index is 10.9. The van der Waals surface area contributed by atoms with Crippen molar-refractivity contribution in [1.29, 1.82) is 0 Å². The minimum atomic E-state index is -0.288. The Morgan fingerprint density at radius 3 is 2.35 bits per heavy atom. The van der Waals surface area contributed by atoms with E-state index >= 15 is 0 Å². The van der Waals surface area contributed by atoms with Crippen LogP contribution in [0.2, 0.25) is 0 Å². The number of rotatable bonds is 6. The molecule has 0 spiro atoms. The molecule has 1 aromatic carbocycles. The van der Waals surface area contributed by atoms with Crippen LogP contribution in [0.15, 0.2) is 28.7 Å². The predicted molar refractivity (Wildman–Crippen MR) is 88.0 cm³/mol. The minimum Gasteiger partial charge on any atom is -0.391 e. The molecule has 1 saturated carbocycles. The molecule has 1 N–H and O–H groups in total. The van der Waals surface area contributed by atoms with Gasteiger partial charge in [-0.25, -0.2) is 0 Å². The highest BCUT2D eigenvalue weighted by Gasteiger charge is 2.44. The van der Waals surface area contributed by atoms with Crippen molar-refractivity contribution in [3.05, 3.63) is 34.3 Å². The van der Waals surface area contributed by atoms with Crippen molar-refractivity contribution in [3.63, 3.8) is 0 Å². The molecule has 1 aromatic rings. The van der Waals surface area contributed by atoms with Crippen LogP contribution in [-0.4, -0.2) is 34.7 Å². The van der Waals surface area contributed by atoms with E-state index in [4.69, 9.17) is 0 Å². The van der Waals surface area contributed by atoms with Gasteiger partial charge in [0, 0.05) is 16.4 Å². The lowest BCUT2D eigenvalue weighted by molar-refractivity contribution is -0.0245. The highest BCUT2D eigenvalue weighted by molar-refractivity contribution is 9.10. The van der Waals surface area contributed by atoms with Crippen molar-refractivity contribution in [2.75, 3.05) is 13.1 Å². The lowest BCUT2D eigenvalue weighted by Crippen LogP contribution is -2.55. The van der Waals surface area contributed by atoms with Gasteiger partial charge in [-0.05, 0) is 37.6 Å². The van der Waals surface area contributed by atoms with Crippen LogP contribution in [0.5, 0.6) is 0 Å². The number of halogens is 1. The highest BCUT2D eigenvalue weighted by Crippen LogP contribution is 2.39. The molecule has 0 heterocycles. The first-order valence-corrected chi connectivity index (χ1v) is 8.60. The monoisotopic (exact) mass is 339 g/mol. The molecule has 112 valence electrons. The highest BCUT2D eigenvalue weighted by atomic mass is 79.9. The number of likely N-dealkylation sites (N-methyl/N-ethyl adjacent to an activating group) is 1. The summed E-state index contributed by atoms with van der Waals surface area (Å²) in [6, 6.07) is 8.24. The molecule has 3 heteroatoms. The summed E-state index contributed by atoms with van der Waals surface area (Å²) in [6.45, 7) is 6.44. The molecule has 1 aliphatic rings. The van der Waals surface area contributed by atoms with Crippen LogP contribution in [0, 0.1) is 0 Å². The van der Waals surface area contributed by atoms with Crippen LogP contribution in [0.25, 0.3) is 0 Å². The van der Waals surface area contributed by atoms with Crippen molar-refractivity contribution in [3.8, 4) is 0 Å². The van der Waals surface area contributed by atoms with Crippen LogP contribution in [0.1, 0.15) is 45.1 Å². The van der Waals surface area contributed by atoms with Crippen LogP contribution < -0.4 is 0 Å². The molecule has 0 saturated heterocycles. The third-order valence-electron chi connectivity index (χ3n) is 4.85. The largest absolute Gasteiger partial charge is 0.391 e. The molecule has 1 aliphatic carbocycles. The van der Waals surface area contributed by atoms with E-state index in [-0.39, 0.29) is 11.6 Å². The SMILES string of the molecule is CCN(CC)C1(C(O)Cc2ccccc2Br)CCCC1. The number of nitrogens with zero attached hydrogens (tertiary/aromatic N) is 1. The van der Waals surface area contributed by atoms with Crippen molar-refractivity contribution in [2.45, 2.75) is 57.6 Å². The quantitative estimate of drug-likeness (QED) is 0.846. The normalized spacial score (nSPS) is 19.4. The number of hydrogen-bond acceptors (Lipinski definition) is 2. The van der Waals surface area contributed by atoms with E-state index < -0.39 is 0 Å². The van der Waals surface area contributed by atoms with Crippen molar-refractivity contribution in [1.82, 2.24) is 4.90 Å². The summed E-state index contributed by atoms with van der Waals surface area (Å²) in [5.74, 6) is 0. The first-order chi connectivity index (χ1) is 9.64. The van der Waals surface area contributed by atoms with Crippen LogP contribution in [-0.2, 0) is 6.42 Å². The second kappa shape index (κ2) is 7.06. The molecule has 1 fully saturated rings. The molecule has 0 radical (unpaired) electrons. The minimum absolute atomic E-state index is 0.0151. The van der Waals surface area contributed by atoms with Crippen LogP contribution in [0.4, 0.5) is 0 Å². The van der Waals surface area contributed by atoms with E-state index in [2.05, 4.69) is 46.8 Å². The lowest BCUT2D eigenvalue weighted by Gasteiger charge is -2.44. The number of aliphatic hydroxyl groups is 1. The summed E-state index contributed by atoms with van der Waals surface area (Å²) in [5, 5.41) is 10.9. The summed E-state index contributed by atoms with van der Waals surface area (Å²) < 4.78 is 1.10. The topological polar surface area (TPSA) is 23.5 Å². The average molecular weight is 340 g/mol. The summed E-state index contributed by atoms with van der Waals surface area (Å²) in [6.07, 6.45) is 5.18. The van der Waals surface area contributed by atoms with Crippen LogP contribution in [0.3, 0.4) is 0 Å². The molecular formula is C17H26BrNO. The van der Waals surface area contributed by atoms with E-state index in [1.54, 1.807) is 0 Å². The van der Waals surface area contributed by atoms with E-state index in [0.29, 0.717) is 0 Å². The summed E-state index contributed by atoms with van der Waals surface area (Å²) in [5.41, 5.74) is 1.19. The predicted octanol–water partition coefficient (Wildman–Crippen LogP) is 4.01. The Bertz CT molecular complexity index is 425. The zero-order valence-corrected chi connectivity index (χ0v) is 14.2. The average Bonchev–Trinajstić information content (AvgIpc) is 2.93. The van der Waals surface area contributed by atoms with Gasteiger partial charge in [0.15, 0.2) is 0 Å². The smallest absolute Gasteiger partial charge is 0.0764 e. The fraction of sp³-hybridized carbons (Fsp3) is 0.647. The van der Waals surface area contributed by atoms with Gasteiger partial charge in [0.1, 0.15) is 0 Å². The number of aliphatic hydroxyl groups excluding tert-OH is 1. The number of hydrogen-bond donors (Lipinski definition) is 1. The summed E-state index contributed by atoms with van der Waals surface area (Å²) >= 11 is 3.60. The Balaban J connectivity index is 2.19. The molecular weight excluding hydrogens is 314 g/mol. The summed E-state index contributed by atoms with van der Waals surface area (Å²) in [4.78, 5) is 2.47. The molecule has 0 aromatic heterocycles. The Morgan fingerprint density at radius 2 is 1.80 bits per heavy atom. The maximum atomic E-state index is 10.9. The third-order valence-corrected chi connectivity index (χ3v) is 5.63. The van der Waals surface area contributed by atoms with Crippen molar-refractivity contribution in [2.24, 2.45) is 0 Å². The maximum Gasteiger partial charge on any atom is 0.0764 e. The zero-order valence-electron chi connectivity index (χ0n) is 12.6. The first-order valence-electron chi connectivity index (χ1n) is 7.80. The molecule has 2 rings (SSSR count). The van der Waals surface area contributed by atoms with Gasteiger partial charge in [0.05, 0.1) is 6.10 Å². The Kier molecular flexibility index (Phi) is 5.65. The fourth-order valence-electron chi connectivity index (χ4n) is 3.76. The molecule has 20 heavy (non-hydrogen) atoms. The molecule has 0 aliphatic heterocycles. The molecule has 2 nitrogen and oxygen atoms in total. The first kappa shape index (κ1) is 16.0. The molecule has 1 atom stereocenters. The Labute approximate surface area is 131 Å². The second-order valence-electron chi connectivity index (χ2n) is 5.79. The van der Waals surface area contributed by atoms with Gasteiger partial charge >= 0.3 is 0 Å². The van der Waals surface area contributed by atoms with Gasteiger partial charge < -0.3 is 5.11 Å². The zero-order chi connectivity index (χ0) is 14.6. The standard InChI is InChI=1S/C17H26BrNO/c1-3-19(4-2)17(11-7-8-12-17)16(20)13-14-9-5-6-10-15(14)18/h5-6,9-10,16,20H,3-4,7-8,11-13H2,1-2H3. The van der Waals surface area contributed by atoms with Crippen LogP contribution >= 0.6 is 15.9 Å². The number of benzene rings is 1. The van der Waals surface area contributed by atoms with Gasteiger partial charge in [0.2, 0.25) is 0 Å². The van der Waals surface area contributed by atoms with E-state index in [9.17, 15) is 5.11 Å². The molecule has 1 unspecified atom stereocenters. The van der Waals surface area contributed by atoms with Gasteiger partial charge in [-0.3, -0.25) is 4.90 Å². The Hall–Kier alpha value is -0.380. The third kappa shape index (κ3) is 3.10. The van der Waals surface area contributed by atoms with Crippen molar-refractivity contribution >= 4 is 15.9 Å². The lowest BCUT2D eigenvalue weighted by atomic mass is 9.84. The van der Waals surface area contributed by atoms with Gasteiger partial charge in [-0.2, -0.15) is 0 Å². The van der Waals surface area contributed by atoms with Crippen molar-refractivity contribution < 1.29 is 5.11 Å². The Morgan fingerprint density at radius 1 is 1.20 bits per heavy atom. The van der Waals surface area contributed by atoms with E-state index in [1.807, 2.05) is 12.1 Å². The molecule has 0 bridgehead atoms. The second-order valence-corrected chi connectivity index (χ2v) is 6.65. The van der Waals surface area contributed by atoms with E-state index in [0.717, 1.165) is 36.8 Å². The summed E-state index contributed by atoms with van der Waals surface area (Å²) in [7, 11) is 0. The fourth-order valence-corrected chi connectivity index (χ4v) is 4.21.